The summed E-state index contributed by atoms with van der Waals surface area (Å²) in [5.74, 6) is 1.12. The molecule has 1 aromatic carbocycles. The van der Waals surface area contributed by atoms with Crippen molar-refractivity contribution in [2.75, 3.05) is 43.0 Å². The predicted molar refractivity (Wildman–Crippen MR) is 125 cm³/mol. The summed E-state index contributed by atoms with van der Waals surface area (Å²) in [6, 6.07) is 8.35. The van der Waals surface area contributed by atoms with Crippen molar-refractivity contribution in [2.45, 2.75) is 37.0 Å². The lowest BCUT2D eigenvalue weighted by atomic mass is 9.81. The SMILES string of the molecule is C[C@H]1COCCN1c1cc(C2(S(C)(=O)=O)CCC2)nc(-c2ccc(NC(=O)NCO)cc2)n1. The Balaban J connectivity index is 1.74. The minimum absolute atomic E-state index is 0.0986. The Bertz CT molecular complexity index is 1120. The van der Waals surface area contributed by atoms with Gasteiger partial charge >= 0.3 is 6.03 Å². The van der Waals surface area contributed by atoms with Gasteiger partial charge in [-0.1, -0.05) is 0 Å². The number of aliphatic hydroxyl groups excluding tert-OH is 1. The largest absolute Gasteiger partial charge is 0.377 e. The van der Waals surface area contributed by atoms with E-state index in [2.05, 4.69) is 15.5 Å². The summed E-state index contributed by atoms with van der Waals surface area (Å²) in [5.41, 5.74) is 1.77. The van der Waals surface area contributed by atoms with E-state index in [1.807, 2.05) is 13.0 Å². The van der Waals surface area contributed by atoms with Gasteiger partial charge in [0.2, 0.25) is 0 Å². The fourth-order valence-corrected chi connectivity index (χ4v) is 5.79. The van der Waals surface area contributed by atoms with Gasteiger partial charge in [0.25, 0.3) is 0 Å². The molecule has 3 N–H and O–H groups in total. The molecule has 0 bridgehead atoms. The van der Waals surface area contributed by atoms with Crippen LogP contribution in [0.25, 0.3) is 11.4 Å². The number of anilines is 2. The summed E-state index contributed by atoms with van der Waals surface area (Å²) in [5, 5.41) is 13.6. The van der Waals surface area contributed by atoms with Crippen molar-refractivity contribution in [1.82, 2.24) is 15.3 Å². The van der Waals surface area contributed by atoms with Crippen LogP contribution in [0, 0.1) is 0 Å². The van der Waals surface area contributed by atoms with Crippen LogP contribution < -0.4 is 15.5 Å². The van der Waals surface area contributed by atoms with Gasteiger partial charge in [0.05, 0.1) is 24.9 Å². The van der Waals surface area contributed by atoms with Crippen molar-refractivity contribution in [3.8, 4) is 11.4 Å². The molecule has 33 heavy (non-hydrogen) atoms. The molecule has 178 valence electrons. The van der Waals surface area contributed by atoms with Gasteiger partial charge in [0.1, 0.15) is 17.3 Å². The number of nitrogens with zero attached hydrogens (tertiary/aromatic N) is 3. The predicted octanol–water partition coefficient (Wildman–Crippen LogP) is 1.86. The van der Waals surface area contributed by atoms with Crippen molar-refractivity contribution in [3.05, 3.63) is 36.0 Å². The molecule has 2 fully saturated rings. The number of ether oxygens (including phenoxy) is 1. The first-order chi connectivity index (χ1) is 15.7. The zero-order chi connectivity index (χ0) is 23.6. The summed E-state index contributed by atoms with van der Waals surface area (Å²) in [6.07, 6.45) is 3.21. The summed E-state index contributed by atoms with van der Waals surface area (Å²) in [6.45, 7) is 3.39. The molecule has 1 aliphatic heterocycles. The average molecular weight is 476 g/mol. The van der Waals surface area contributed by atoms with Crippen molar-refractivity contribution >= 4 is 27.4 Å². The van der Waals surface area contributed by atoms with Gasteiger partial charge in [-0.05, 0) is 50.5 Å². The van der Waals surface area contributed by atoms with Gasteiger partial charge in [-0.2, -0.15) is 0 Å². The molecule has 2 amide bonds. The van der Waals surface area contributed by atoms with Gasteiger partial charge in [-0.3, -0.25) is 0 Å². The van der Waals surface area contributed by atoms with Crippen LogP contribution in [0.3, 0.4) is 0 Å². The van der Waals surface area contributed by atoms with Gasteiger partial charge in [-0.15, -0.1) is 0 Å². The van der Waals surface area contributed by atoms with Crippen LogP contribution >= 0.6 is 0 Å². The van der Waals surface area contributed by atoms with E-state index >= 15 is 0 Å². The minimum Gasteiger partial charge on any atom is -0.377 e. The van der Waals surface area contributed by atoms with E-state index in [1.165, 1.54) is 6.26 Å². The number of nitrogens with one attached hydrogen (secondary N) is 2. The summed E-state index contributed by atoms with van der Waals surface area (Å²) in [7, 11) is -3.37. The fraction of sp³-hybridized carbons (Fsp3) is 0.500. The highest BCUT2D eigenvalue weighted by molar-refractivity contribution is 7.91. The molecular formula is C22H29N5O5S. The summed E-state index contributed by atoms with van der Waals surface area (Å²) in [4.78, 5) is 23.3. The third-order valence-corrected chi connectivity index (χ3v) is 8.39. The zero-order valence-electron chi connectivity index (χ0n) is 18.7. The number of hydrogen-bond donors (Lipinski definition) is 3. The Morgan fingerprint density at radius 3 is 2.58 bits per heavy atom. The second kappa shape index (κ2) is 9.24. The standard InChI is InChI=1S/C22H29N5O5S/c1-15-13-32-11-10-27(15)19-12-18(22(8-3-9-22)33(2,30)31)25-20(26-19)16-4-6-17(7-5-16)24-21(29)23-14-28/h4-7,12,15,28H,3,8-11,13-14H2,1-2H3,(H2,23,24,29)/t15-/m0/s1. The van der Waals surface area contributed by atoms with E-state index in [-0.39, 0.29) is 6.04 Å². The Morgan fingerprint density at radius 1 is 1.27 bits per heavy atom. The molecular weight excluding hydrogens is 446 g/mol. The molecule has 2 aliphatic rings. The number of aromatic nitrogens is 2. The van der Waals surface area contributed by atoms with Crippen LogP contribution in [0.4, 0.5) is 16.3 Å². The summed E-state index contributed by atoms with van der Waals surface area (Å²) < 4.78 is 30.1. The first-order valence-electron chi connectivity index (χ1n) is 10.9. The van der Waals surface area contributed by atoms with E-state index in [4.69, 9.17) is 19.8 Å². The fourth-order valence-electron chi connectivity index (χ4n) is 4.28. The summed E-state index contributed by atoms with van der Waals surface area (Å²) >= 11 is 0. The van der Waals surface area contributed by atoms with Gasteiger partial charge in [0, 0.05) is 30.1 Å². The second-order valence-corrected chi connectivity index (χ2v) is 10.9. The first kappa shape index (κ1) is 23.4. The Labute approximate surface area is 193 Å². The molecule has 0 unspecified atom stereocenters. The highest BCUT2D eigenvalue weighted by atomic mass is 32.2. The molecule has 4 rings (SSSR count). The molecule has 0 radical (unpaired) electrons. The van der Waals surface area contributed by atoms with Crippen molar-refractivity contribution in [1.29, 1.82) is 0 Å². The Hall–Kier alpha value is -2.76. The monoisotopic (exact) mass is 475 g/mol. The molecule has 1 aromatic heterocycles. The number of rotatable bonds is 6. The number of amides is 2. The maximum absolute atomic E-state index is 12.8. The number of benzene rings is 1. The molecule has 1 atom stereocenters. The van der Waals surface area contributed by atoms with Gasteiger partial charge < -0.3 is 25.4 Å². The van der Waals surface area contributed by atoms with E-state index in [1.54, 1.807) is 24.3 Å². The number of carbonyl (C=O) groups excluding carboxylic acids is 1. The first-order valence-corrected chi connectivity index (χ1v) is 12.8. The molecule has 10 nitrogen and oxygen atoms in total. The van der Waals surface area contributed by atoms with Gasteiger partial charge in [-0.25, -0.2) is 23.2 Å². The Kier molecular flexibility index (Phi) is 6.55. The van der Waals surface area contributed by atoms with Crippen LogP contribution in [0.1, 0.15) is 31.9 Å². The number of hydrogen-bond acceptors (Lipinski definition) is 8. The van der Waals surface area contributed by atoms with E-state index in [0.717, 1.165) is 6.42 Å². The third kappa shape index (κ3) is 4.66. The lowest BCUT2D eigenvalue weighted by molar-refractivity contribution is 0.0985. The maximum Gasteiger partial charge on any atom is 0.321 e. The lowest BCUT2D eigenvalue weighted by Gasteiger charge is -2.40. The maximum atomic E-state index is 12.8. The molecule has 11 heteroatoms. The van der Waals surface area contributed by atoms with Crippen LogP contribution in [-0.2, 0) is 19.3 Å². The Morgan fingerprint density at radius 2 is 2.00 bits per heavy atom. The molecule has 0 spiro atoms. The molecule has 1 saturated heterocycles. The molecule has 2 aromatic rings. The van der Waals surface area contributed by atoms with Gasteiger partial charge in [0.15, 0.2) is 15.7 Å². The highest BCUT2D eigenvalue weighted by Crippen LogP contribution is 2.48. The number of carbonyl (C=O) groups is 1. The van der Waals surface area contributed by atoms with E-state index < -0.39 is 27.3 Å². The van der Waals surface area contributed by atoms with Crippen LogP contribution in [0.15, 0.2) is 30.3 Å². The quantitative estimate of drug-likeness (QED) is 0.539. The van der Waals surface area contributed by atoms with Crippen molar-refractivity contribution in [2.24, 2.45) is 0 Å². The zero-order valence-corrected chi connectivity index (χ0v) is 19.6. The number of urea groups is 1. The van der Waals surface area contributed by atoms with Crippen LogP contribution in [0.2, 0.25) is 0 Å². The topological polar surface area (TPSA) is 134 Å². The van der Waals surface area contributed by atoms with Crippen molar-refractivity contribution in [3.63, 3.8) is 0 Å². The van der Waals surface area contributed by atoms with E-state index in [0.29, 0.717) is 61.2 Å². The number of sulfone groups is 1. The third-order valence-electron chi connectivity index (χ3n) is 6.35. The minimum atomic E-state index is -3.37. The lowest BCUT2D eigenvalue weighted by Crippen LogP contribution is -2.45. The molecule has 1 aliphatic carbocycles. The van der Waals surface area contributed by atoms with Crippen LogP contribution in [0.5, 0.6) is 0 Å². The molecule has 2 heterocycles. The van der Waals surface area contributed by atoms with Crippen LogP contribution in [-0.4, -0.2) is 68.3 Å². The number of aliphatic hydroxyl groups is 1. The normalized spacial score (nSPS) is 20.1. The molecule has 1 saturated carbocycles. The van der Waals surface area contributed by atoms with Crippen molar-refractivity contribution < 1.29 is 23.1 Å². The van der Waals surface area contributed by atoms with E-state index in [9.17, 15) is 13.2 Å². The number of morpholine rings is 1. The highest BCUT2D eigenvalue weighted by Gasteiger charge is 2.49. The smallest absolute Gasteiger partial charge is 0.321 e. The average Bonchev–Trinajstić information content (AvgIpc) is 2.73. The second-order valence-electron chi connectivity index (χ2n) is 8.54.